The molecule has 2 rings (SSSR count). The molecule has 19 heavy (non-hydrogen) atoms. The molecular formula is C15H23NO3. The van der Waals surface area contributed by atoms with Crippen LogP contribution in [-0.4, -0.2) is 34.5 Å². The lowest BCUT2D eigenvalue weighted by molar-refractivity contribution is -0.153. The van der Waals surface area contributed by atoms with Crippen LogP contribution in [0.2, 0.25) is 0 Å². The number of likely N-dealkylation sites (tertiary alicyclic amines) is 1. The Bertz CT molecular complexity index is 364. The van der Waals surface area contributed by atoms with Gasteiger partial charge in [-0.3, -0.25) is 4.79 Å². The van der Waals surface area contributed by atoms with Crippen molar-refractivity contribution in [2.75, 3.05) is 6.54 Å². The number of nitrogens with zero attached hydrogens (tertiary/aromatic N) is 1. The summed E-state index contributed by atoms with van der Waals surface area (Å²) in [6.07, 6.45) is 11.3. The van der Waals surface area contributed by atoms with Gasteiger partial charge in [0.1, 0.15) is 6.04 Å². The first kappa shape index (κ1) is 14.1. The minimum atomic E-state index is -0.846. The molecule has 1 fully saturated rings. The molecule has 0 aromatic carbocycles. The molecule has 1 amide bonds. The van der Waals surface area contributed by atoms with E-state index in [0.29, 0.717) is 13.0 Å². The van der Waals surface area contributed by atoms with Crippen molar-refractivity contribution in [2.24, 2.45) is 5.92 Å². The van der Waals surface area contributed by atoms with Gasteiger partial charge in [0.05, 0.1) is 0 Å². The van der Waals surface area contributed by atoms with Crippen LogP contribution in [0.1, 0.15) is 51.4 Å². The predicted octanol–water partition coefficient (Wildman–Crippen LogP) is 2.59. The number of amides is 1. The van der Waals surface area contributed by atoms with Crippen molar-refractivity contribution in [3.8, 4) is 0 Å². The Hall–Kier alpha value is -1.32. The normalized spacial score (nSPS) is 28.5. The molecule has 2 aliphatic rings. The monoisotopic (exact) mass is 265 g/mol. The molecule has 0 spiro atoms. The second-order valence-corrected chi connectivity index (χ2v) is 5.57. The van der Waals surface area contributed by atoms with Crippen LogP contribution in [0, 0.1) is 5.92 Å². The minimum absolute atomic E-state index is 0.00808. The van der Waals surface area contributed by atoms with Gasteiger partial charge in [0, 0.05) is 12.5 Å². The van der Waals surface area contributed by atoms with Crippen LogP contribution in [0.5, 0.6) is 0 Å². The first-order valence-corrected chi connectivity index (χ1v) is 7.38. The van der Waals surface area contributed by atoms with Crippen LogP contribution in [0.3, 0.4) is 0 Å². The lowest BCUT2D eigenvalue weighted by Gasteiger charge is -2.34. The molecule has 0 saturated carbocycles. The zero-order chi connectivity index (χ0) is 13.7. The summed E-state index contributed by atoms with van der Waals surface area (Å²) in [7, 11) is 0. The van der Waals surface area contributed by atoms with Gasteiger partial charge in [-0.15, -0.1) is 0 Å². The first-order valence-electron chi connectivity index (χ1n) is 7.38. The van der Waals surface area contributed by atoms with Gasteiger partial charge in [-0.25, -0.2) is 4.79 Å². The number of aliphatic carboxylic acids is 1. The molecule has 0 radical (unpaired) electrons. The van der Waals surface area contributed by atoms with E-state index in [2.05, 4.69) is 6.08 Å². The van der Waals surface area contributed by atoms with Crippen molar-refractivity contribution in [3.63, 3.8) is 0 Å². The zero-order valence-electron chi connectivity index (χ0n) is 11.4. The van der Waals surface area contributed by atoms with Crippen LogP contribution in [-0.2, 0) is 9.59 Å². The van der Waals surface area contributed by atoms with Crippen LogP contribution in [0.4, 0.5) is 0 Å². The van der Waals surface area contributed by atoms with E-state index in [-0.39, 0.29) is 11.8 Å². The average molecular weight is 265 g/mol. The molecule has 2 unspecified atom stereocenters. The summed E-state index contributed by atoms with van der Waals surface area (Å²) in [5.41, 5.74) is 0. The van der Waals surface area contributed by atoms with Crippen molar-refractivity contribution in [1.29, 1.82) is 0 Å². The molecule has 1 heterocycles. The number of carboxylic acids is 1. The van der Waals surface area contributed by atoms with E-state index >= 15 is 0 Å². The Morgan fingerprint density at radius 3 is 2.53 bits per heavy atom. The van der Waals surface area contributed by atoms with Crippen LogP contribution >= 0.6 is 0 Å². The number of hydrogen-bond donors (Lipinski definition) is 1. The van der Waals surface area contributed by atoms with Crippen molar-refractivity contribution < 1.29 is 14.7 Å². The fourth-order valence-electron chi connectivity index (χ4n) is 3.06. The number of allylic oxidation sites excluding steroid dienone is 2. The quantitative estimate of drug-likeness (QED) is 0.781. The minimum Gasteiger partial charge on any atom is -0.480 e. The molecule has 0 aromatic heterocycles. The van der Waals surface area contributed by atoms with Crippen molar-refractivity contribution in [2.45, 2.75) is 57.4 Å². The number of carbonyl (C=O) groups is 2. The highest BCUT2D eigenvalue weighted by Gasteiger charge is 2.33. The maximum Gasteiger partial charge on any atom is 0.326 e. The largest absolute Gasteiger partial charge is 0.480 e. The molecule has 1 N–H and O–H groups in total. The maximum absolute atomic E-state index is 12.6. The average Bonchev–Trinajstić information content (AvgIpc) is 2.38. The summed E-state index contributed by atoms with van der Waals surface area (Å²) in [5.74, 6) is -0.800. The third kappa shape index (κ3) is 3.58. The Kier molecular flexibility index (Phi) is 5.00. The van der Waals surface area contributed by atoms with E-state index in [0.717, 1.165) is 44.9 Å². The smallest absolute Gasteiger partial charge is 0.326 e. The lowest BCUT2D eigenvalue weighted by atomic mass is 9.91. The third-order valence-corrected chi connectivity index (χ3v) is 4.19. The fourth-order valence-corrected chi connectivity index (χ4v) is 3.06. The van der Waals surface area contributed by atoms with E-state index in [1.165, 1.54) is 0 Å². The van der Waals surface area contributed by atoms with Gasteiger partial charge >= 0.3 is 5.97 Å². The lowest BCUT2D eigenvalue weighted by Crippen LogP contribution is -2.48. The highest BCUT2D eigenvalue weighted by molar-refractivity contribution is 5.85. The van der Waals surface area contributed by atoms with Crippen molar-refractivity contribution in [1.82, 2.24) is 4.90 Å². The van der Waals surface area contributed by atoms with Gasteiger partial charge in [-0.05, 0) is 32.1 Å². The summed E-state index contributed by atoms with van der Waals surface area (Å²) in [6.45, 7) is 0.607. The number of hydrogen-bond acceptors (Lipinski definition) is 2. The van der Waals surface area contributed by atoms with Crippen molar-refractivity contribution >= 4 is 11.9 Å². The zero-order valence-corrected chi connectivity index (χ0v) is 11.4. The molecule has 1 aliphatic carbocycles. The summed E-state index contributed by atoms with van der Waals surface area (Å²) in [4.78, 5) is 25.6. The molecular weight excluding hydrogens is 242 g/mol. The number of carbonyl (C=O) groups excluding carboxylic acids is 1. The van der Waals surface area contributed by atoms with E-state index in [4.69, 9.17) is 0 Å². The van der Waals surface area contributed by atoms with Gasteiger partial charge in [0.2, 0.25) is 5.91 Å². The number of carboxylic acid groups (broad SMARTS) is 1. The molecule has 2 atom stereocenters. The first-order chi connectivity index (χ1) is 9.20. The molecule has 1 aliphatic heterocycles. The second kappa shape index (κ2) is 6.73. The molecule has 4 nitrogen and oxygen atoms in total. The van der Waals surface area contributed by atoms with E-state index in [1.807, 2.05) is 6.08 Å². The van der Waals surface area contributed by atoms with Crippen LogP contribution < -0.4 is 0 Å². The van der Waals surface area contributed by atoms with Gasteiger partial charge in [0.25, 0.3) is 0 Å². The molecule has 1 saturated heterocycles. The second-order valence-electron chi connectivity index (χ2n) is 5.57. The molecule has 106 valence electrons. The standard InChI is InChI=1S/C15H23NO3/c17-14(12-8-4-3-5-9-12)16-11-7-2-1-6-10-13(16)15(18)19/h3-4,12-13H,1-2,5-11H2,(H,18,19). The van der Waals surface area contributed by atoms with Crippen LogP contribution in [0.15, 0.2) is 12.2 Å². The van der Waals surface area contributed by atoms with Gasteiger partial charge in [0.15, 0.2) is 0 Å². The summed E-state index contributed by atoms with van der Waals surface area (Å²) < 4.78 is 0. The SMILES string of the molecule is O=C(O)C1CCCCCCN1C(=O)C1CC=CCC1. The molecule has 0 aromatic rings. The molecule has 4 heteroatoms. The summed E-state index contributed by atoms with van der Waals surface area (Å²) >= 11 is 0. The highest BCUT2D eigenvalue weighted by atomic mass is 16.4. The Morgan fingerprint density at radius 2 is 1.84 bits per heavy atom. The van der Waals surface area contributed by atoms with E-state index < -0.39 is 12.0 Å². The van der Waals surface area contributed by atoms with Gasteiger partial charge < -0.3 is 10.0 Å². The fraction of sp³-hybridized carbons (Fsp3) is 0.733. The summed E-state index contributed by atoms with van der Waals surface area (Å²) in [6, 6.07) is -0.612. The molecule has 0 bridgehead atoms. The Labute approximate surface area is 114 Å². The van der Waals surface area contributed by atoms with E-state index in [9.17, 15) is 14.7 Å². The number of rotatable bonds is 2. The van der Waals surface area contributed by atoms with Crippen molar-refractivity contribution in [3.05, 3.63) is 12.2 Å². The Balaban J connectivity index is 2.09. The summed E-state index contributed by atoms with van der Waals surface area (Å²) in [5, 5.41) is 9.36. The van der Waals surface area contributed by atoms with Gasteiger partial charge in [-0.1, -0.05) is 31.4 Å². The highest BCUT2D eigenvalue weighted by Crippen LogP contribution is 2.25. The predicted molar refractivity (Wildman–Crippen MR) is 72.7 cm³/mol. The maximum atomic E-state index is 12.6. The topological polar surface area (TPSA) is 57.6 Å². The van der Waals surface area contributed by atoms with E-state index in [1.54, 1.807) is 4.90 Å². The third-order valence-electron chi connectivity index (χ3n) is 4.19. The Morgan fingerprint density at radius 1 is 1.05 bits per heavy atom. The van der Waals surface area contributed by atoms with Gasteiger partial charge in [-0.2, -0.15) is 0 Å². The van der Waals surface area contributed by atoms with Crippen LogP contribution in [0.25, 0.3) is 0 Å².